The van der Waals surface area contributed by atoms with Gasteiger partial charge in [0.15, 0.2) is 0 Å². The molecule has 4 heteroatoms. The van der Waals surface area contributed by atoms with Crippen molar-refractivity contribution < 1.29 is 0 Å². The highest BCUT2D eigenvalue weighted by molar-refractivity contribution is 5.04. The van der Waals surface area contributed by atoms with E-state index in [1.54, 1.807) is 0 Å². The van der Waals surface area contributed by atoms with Crippen molar-refractivity contribution in [2.45, 2.75) is 31.7 Å². The van der Waals surface area contributed by atoms with Gasteiger partial charge in [0.1, 0.15) is 0 Å². The molecular weight excluding hydrogens is 224 g/mol. The van der Waals surface area contributed by atoms with Gasteiger partial charge in [-0.25, -0.2) is 0 Å². The molecule has 1 unspecified atom stereocenters. The van der Waals surface area contributed by atoms with Crippen molar-refractivity contribution in [3.05, 3.63) is 48.0 Å². The van der Waals surface area contributed by atoms with E-state index in [2.05, 4.69) is 10.1 Å². The monoisotopic (exact) mass is 244 g/mol. The van der Waals surface area contributed by atoms with Gasteiger partial charge in [0.05, 0.1) is 0 Å². The summed E-state index contributed by atoms with van der Waals surface area (Å²) in [6.45, 7) is 0. The number of pyridine rings is 1. The number of aryl methyl sites for hydroxylation is 3. The molecule has 0 saturated carbocycles. The minimum absolute atomic E-state index is 0.224. The lowest BCUT2D eigenvalue weighted by molar-refractivity contribution is 0.550. The summed E-state index contributed by atoms with van der Waals surface area (Å²) in [5, 5.41) is 4.15. The van der Waals surface area contributed by atoms with Crippen LogP contribution in [0.25, 0.3) is 0 Å². The second-order valence-corrected chi connectivity index (χ2v) is 4.60. The smallest absolute Gasteiger partial charge is 0.0492 e. The lowest BCUT2D eigenvalue weighted by atomic mass is 10.0. The number of hydrogen-bond donors (Lipinski definition) is 1. The summed E-state index contributed by atoms with van der Waals surface area (Å²) in [4.78, 5) is 4.31. The molecule has 0 aliphatic carbocycles. The molecule has 2 aromatic heterocycles. The molecule has 18 heavy (non-hydrogen) atoms. The first-order chi connectivity index (χ1) is 8.75. The van der Waals surface area contributed by atoms with Gasteiger partial charge in [0.2, 0.25) is 0 Å². The Morgan fingerprint density at radius 2 is 2.00 bits per heavy atom. The molecule has 0 aromatic carbocycles. The summed E-state index contributed by atoms with van der Waals surface area (Å²) in [7, 11) is 1.97. The number of hydrogen-bond acceptors (Lipinski definition) is 3. The van der Waals surface area contributed by atoms with E-state index in [9.17, 15) is 0 Å². The second kappa shape index (κ2) is 6.31. The van der Waals surface area contributed by atoms with Crippen molar-refractivity contribution in [3.63, 3.8) is 0 Å². The predicted octanol–water partition coefficient (Wildman–Crippen LogP) is 1.71. The Morgan fingerprint density at radius 1 is 1.17 bits per heavy atom. The third-order valence-electron chi connectivity index (χ3n) is 3.19. The highest BCUT2D eigenvalue weighted by atomic mass is 15.2. The van der Waals surface area contributed by atoms with E-state index in [-0.39, 0.29) is 6.04 Å². The van der Waals surface area contributed by atoms with Crippen LogP contribution in [0.3, 0.4) is 0 Å². The zero-order valence-corrected chi connectivity index (χ0v) is 10.8. The van der Waals surface area contributed by atoms with Crippen LogP contribution in [0.2, 0.25) is 0 Å². The first kappa shape index (κ1) is 12.8. The third kappa shape index (κ3) is 3.67. The minimum Gasteiger partial charge on any atom is -0.328 e. The fourth-order valence-electron chi connectivity index (χ4n) is 2.00. The van der Waals surface area contributed by atoms with Gasteiger partial charge in [-0.1, -0.05) is 6.07 Å². The average Bonchev–Trinajstić information content (AvgIpc) is 2.81. The predicted molar refractivity (Wildman–Crippen MR) is 72.1 cm³/mol. The lowest BCUT2D eigenvalue weighted by Gasteiger charge is -2.11. The van der Waals surface area contributed by atoms with Crippen LogP contribution in [0.1, 0.15) is 24.2 Å². The van der Waals surface area contributed by atoms with Crippen LogP contribution in [-0.4, -0.2) is 20.8 Å². The van der Waals surface area contributed by atoms with E-state index in [1.807, 2.05) is 48.4 Å². The Bertz CT molecular complexity index is 464. The third-order valence-corrected chi connectivity index (χ3v) is 3.19. The van der Waals surface area contributed by atoms with E-state index in [0.29, 0.717) is 0 Å². The maximum Gasteiger partial charge on any atom is 0.0492 e. The normalized spacial score (nSPS) is 12.6. The molecule has 0 aliphatic rings. The molecule has 4 nitrogen and oxygen atoms in total. The van der Waals surface area contributed by atoms with Crippen molar-refractivity contribution in [2.75, 3.05) is 0 Å². The summed E-state index contributed by atoms with van der Waals surface area (Å²) < 4.78 is 1.91. The van der Waals surface area contributed by atoms with E-state index in [1.165, 1.54) is 5.69 Å². The van der Waals surface area contributed by atoms with Crippen molar-refractivity contribution in [1.29, 1.82) is 0 Å². The average molecular weight is 244 g/mol. The van der Waals surface area contributed by atoms with Crippen LogP contribution in [0.5, 0.6) is 0 Å². The number of nitrogens with zero attached hydrogens (tertiary/aromatic N) is 3. The zero-order chi connectivity index (χ0) is 12.8. The molecule has 0 amide bonds. The van der Waals surface area contributed by atoms with Crippen LogP contribution in [0.15, 0.2) is 36.7 Å². The van der Waals surface area contributed by atoms with Gasteiger partial charge >= 0.3 is 0 Å². The molecular formula is C14H20N4. The molecule has 0 saturated heterocycles. The van der Waals surface area contributed by atoms with Gasteiger partial charge in [0.25, 0.3) is 0 Å². The van der Waals surface area contributed by atoms with Gasteiger partial charge in [-0.2, -0.15) is 5.10 Å². The van der Waals surface area contributed by atoms with Crippen LogP contribution in [-0.2, 0) is 19.9 Å². The number of rotatable bonds is 6. The summed E-state index contributed by atoms with van der Waals surface area (Å²) in [5.41, 5.74) is 8.49. The van der Waals surface area contributed by atoms with Gasteiger partial charge < -0.3 is 5.73 Å². The highest BCUT2D eigenvalue weighted by Crippen LogP contribution is 2.07. The summed E-state index contributed by atoms with van der Waals surface area (Å²) in [6, 6.07) is 8.27. The highest BCUT2D eigenvalue weighted by Gasteiger charge is 2.06. The molecule has 0 aliphatic heterocycles. The van der Waals surface area contributed by atoms with E-state index in [0.717, 1.165) is 31.4 Å². The molecule has 2 N–H and O–H groups in total. The summed E-state index contributed by atoms with van der Waals surface area (Å²) >= 11 is 0. The van der Waals surface area contributed by atoms with Crippen molar-refractivity contribution in [1.82, 2.24) is 14.8 Å². The van der Waals surface area contributed by atoms with Crippen molar-refractivity contribution in [3.8, 4) is 0 Å². The first-order valence-electron chi connectivity index (χ1n) is 6.38. The van der Waals surface area contributed by atoms with Gasteiger partial charge in [-0.15, -0.1) is 0 Å². The standard InChI is InChI=1S/C14H20N4/c1-18-14(9-11-17-18)8-6-12(15)5-7-13-4-2-3-10-16-13/h2-4,9-12H,5-8,15H2,1H3. The molecule has 2 aromatic rings. The lowest BCUT2D eigenvalue weighted by Crippen LogP contribution is -2.22. The topological polar surface area (TPSA) is 56.7 Å². The van der Waals surface area contributed by atoms with Gasteiger partial charge in [-0.3, -0.25) is 9.67 Å². The molecule has 0 fully saturated rings. The Labute approximate surface area is 108 Å². The van der Waals surface area contributed by atoms with E-state index in [4.69, 9.17) is 5.73 Å². The Balaban J connectivity index is 1.73. The van der Waals surface area contributed by atoms with Crippen LogP contribution in [0.4, 0.5) is 0 Å². The van der Waals surface area contributed by atoms with Crippen molar-refractivity contribution in [2.24, 2.45) is 12.8 Å². The summed E-state index contributed by atoms with van der Waals surface area (Å²) in [5.74, 6) is 0. The Morgan fingerprint density at radius 3 is 2.67 bits per heavy atom. The zero-order valence-electron chi connectivity index (χ0n) is 10.8. The van der Waals surface area contributed by atoms with Gasteiger partial charge in [0, 0.05) is 36.9 Å². The summed E-state index contributed by atoms with van der Waals surface area (Å²) in [6.07, 6.45) is 7.57. The maximum atomic E-state index is 6.13. The van der Waals surface area contributed by atoms with Gasteiger partial charge in [-0.05, 0) is 43.9 Å². The molecule has 1 atom stereocenters. The molecule has 96 valence electrons. The molecule has 0 bridgehead atoms. The number of nitrogens with two attached hydrogens (primary N) is 1. The largest absolute Gasteiger partial charge is 0.328 e. The molecule has 0 spiro atoms. The van der Waals surface area contributed by atoms with Crippen LogP contribution in [0, 0.1) is 0 Å². The Hall–Kier alpha value is -1.68. The molecule has 2 rings (SSSR count). The van der Waals surface area contributed by atoms with E-state index < -0.39 is 0 Å². The van der Waals surface area contributed by atoms with E-state index >= 15 is 0 Å². The minimum atomic E-state index is 0.224. The molecule has 0 radical (unpaired) electrons. The second-order valence-electron chi connectivity index (χ2n) is 4.60. The maximum absolute atomic E-state index is 6.13. The quantitative estimate of drug-likeness (QED) is 0.841. The Kier molecular flexibility index (Phi) is 4.47. The fourth-order valence-corrected chi connectivity index (χ4v) is 2.00. The van der Waals surface area contributed by atoms with Crippen molar-refractivity contribution >= 4 is 0 Å². The first-order valence-corrected chi connectivity index (χ1v) is 6.38. The van der Waals surface area contributed by atoms with Crippen LogP contribution >= 0.6 is 0 Å². The molecule has 2 heterocycles. The SMILES string of the molecule is Cn1nccc1CCC(N)CCc1ccccn1. The van der Waals surface area contributed by atoms with Crippen LogP contribution < -0.4 is 5.73 Å². The fraction of sp³-hybridized carbons (Fsp3) is 0.429. The number of aromatic nitrogens is 3.